The molecule has 0 aliphatic rings. The van der Waals surface area contributed by atoms with Crippen molar-refractivity contribution >= 4 is 27.5 Å². The van der Waals surface area contributed by atoms with Gasteiger partial charge in [-0.05, 0) is 49.9 Å². The van der Waals surface area contributed by atoms with Gasteiger partial charge in [-0.15, -0.1) is 0 Å². The lowest BCUT2D eigenvalue weighted by Crippen LogP contribution is -2.20. The molecule has 0 fully saturated rings. The highest BCUT2D eigenvalue weighted by atomic mass is 79.9. The van der Waals surface area contributed by atoms with E-state index in [-0.39, 0.29) is 12.6 Å². The zero-order valence-electron chi connectivity index (χ0n) is 10.9. The maximum atomic E-state index is 8.94. The Morgan fingerprint density at radius 3 is 2.72 bits per heavy atom. The fraction of sp³-hybridized carbons (Fsp3) is 0.571. The van der Waals surface area contributed by atoms with E-state index in [2.05, 4.69) is 35.1 Å². The van der Waals surface area contributed by atoms with Crippen LogP contribution in [0.15, 0.2) is 22.7 Å². The van der Waals surface area contributed by atoms with E-state index in [4.69, 9.17) is 16.7 Å². The molecule has 2 unspecified atom stereocenters. The molecule has 0 heterocycles. The second-order valence-electron chi connectivity index (χ2n) is 4.77. The summed E-state index contributed by atoms with van der Waals surface area (Å²) < 4.78 is 1.00. The summed E-state index contributed by atoms with van der Waals surface area (Å²) in [7, 11) is 0. The fourth-order valence-corrected chi connectivity index (χ4v) is 2.66. The van der Waals surface area contributed by atoms with Crippen molar-refractivity contribution in [3.8, 4) is 0 Å². The molecule has 1 rings (SSSR count). The first kappa shape index (κ1) is 16.0. The molecule has 0 bridgehead atoms. The molecule has 1 aromatic carbocycles. The quantitative estimate of drug-likeness (QED) is 0.734. The maximum absolute atomic E-state index is 8.94. The number of rotatable bonds is 7. The van der Waals surface area contributed by atoms with Crippen LogP contribution < -0.4 is 5.32 Å². The van der Waals surface area contributed by atoms with Crippen molar-refractivity contribution in [2.75, 3.05) is 13.2 Å². The Labute approximate surface area is 123 Å². The van der Waals surface area contributed by atoms with Gasteiger partial charge in [0.1, 0.15) is 0 Å². The first-order valence-corrected chi connectivity index (χ1v) is 7.51. The second-order valence-corrected chi connectivity index (χ2v) is 6.09. The average Bonchev–Trinajstić information content (AvgIpc) is 2.34. The molecule has 2 N–H and O–H groups in total. The number of benzene rings is 1. The average molecular weight is 335 g/mol. The Morgan fingerprint density at radius 2 is 2.11 bits per heavy atom. The summed E-state index contributed by atoms with van der Waals surface area (Å²) in [5, 5.41) is 13.2. The summed E-state index contributed by atoms with van der Waals surface area (Å²) in [5.41, 5.74) is 1.12. The van der Waals surface area contributed by atoms with Crippen molar-refractivity contribution in [1.82, 2.24) is 5.32 Å². The summed E-state index contributed by atoms with van der Waals surface area (Å²) >= 11 is 9.61. The molecule has 1 aromatic rings. The summed E-state index contributed by atoms with van der Waals surface area (Å²) in [6.45, 7) is 5.39. The maximum Gasteiger partial charge on any atom is 0.0464 e. The Hall–Kier alpha value is -0.0900. The lowest BCUT2D eigenvalue weighted by Gasteiger charge is -2.16. The van der Waals surface area contributed by atoms with Crippen molar-refractivity contribution in [1.29, 1.82) is 0 Å². The Kier molecular flexibility index (Phi) is 7.23. The number of hydrogen-bond donors (Lipinski definition) is 2. The van der Waals surface area contributed by atoms with Crippen molar-refractivity contribution in [3.05, 3.63) is 33.3 Å². The lowest BCUT2D eigenvalue weighted by atomic mass is 10.1. The van der Waals surface area contributed by atoms with Gasteiger partial charge >= 0.3 is 0 Å². The van der Waals surface area contributed by atoms with Gasteiger partial charge in [-0.25, -0.2) is 0 Å². The zero-order chi connectivity index (χ0) is 13.5. The minimum Gasteiger partial charge on any atom is -0.396 e. The van der Waals surface area contributed by atoms with Gasteiger partial charge in [-0.1, -0.05) is 40.5 Å². The first-order chi connectivity index (χ1) is 8.54. The molecule has 0 aliphatic carbocycles. The molecular weight excluding hydrogens is 314 g/mol. The zero-order valence-corrected chi connectivity index (χ0v) is 13.3. The minimum absolute atomic E-state index is 0.245. The smallest absolute Gasteiger partial charge is 0.0464 e. The molecule has 0 saturated carbocycles. The van der Waals surface area contributed by atoms with Gasteiger partial charge in [0.05, 0.1) is 0 Å². The molecule has 18 heavy (non-hydrogen) atoms. The van der Waals surface area contributed by atoms with Gasteiger partial charge in [-0.3, -0.25) is 0 Å². The molecule has 4 heteroatoms. The Balaban J connectivity index is 2.38. The second kappa shape index (κ2) is 8.16. The van der Waals surface area contributed by atoms with E-state index >= 15 is 0 Å². The van der Waals surface area contributed by atoms with Gasteiger partial charge in [0, 0.05) is 22.1 Å². The van der Waals surface area contributed by atoms with Gasteiger partial charge in [0.25, 0.3) is 0 Å². The summed E-state index contributed by atoms with van der Waals surface area (Å²) in [5.74, 6) is 0.387. The van der Waals surface area contributed by atoms with Gasteiger partial charge < -0.3 is 10.4 Å². The first-order valence-electron chi connectivity index (χ1n) is 6.33. The van der Waals surface area contributed by atoms with Crippen LogP contribution in [0.4, 0.5) is 0 Å². The standard InChI is InChI=1S/C14H21BrClNO/c1-10(9-18)4-3-7-17-11(2)13-6-5-12(15)8-14(13)16/h5-6,8,10-11,17-18H,3-4,7,9H2,1-2H3. The van der Waals surface area contributed by atoms with E-state index in [9.17, 15) is 0 Å². The van der Waals surface area contributed by atoms with E-state index in [0.29, 0.717) is 5.92 Å². The molecule has 102 valence electrons. The lowest BCUT2D eigenvalue weighted by molar-refractivity contribution is 0.227. The molecular formula is C14H21BrClNO. The summed E-state index contributed by atoms with van der Waals surface area (Å²) in [4.78, 5) is 0. The number of aliphatic hydroxyl groups is 1. The molecule has 0 aromatic heterocycles. The van der Waals surface area contributed by atoms with Gasteiger partial charge in [0.2, 0.25) is 0 Å². The van der Waals surface area contributed by atoms with Gasteiger partial charge in [-0.2, -0.15) is 0 Å². The van der Waals surface area contributed by atoms with Crippen LogP contribution in [0.3, 0.4) is 0 Å². The monoisotopic (exact) mass is 333 g/mol. The third-order valence-corrected chi connectivity index (χ3v) is 3.89. The van der Waals surface area contributed by atoms with Crippen LogP contribution in [0.5, 0.6) is 0 Å². The number of halogens is 2. The SMILES string of the molecule is CC(CO)CCCNC(C)c1ccc(Br)cc1Cl. The molecule has 0 amide bonds. The summed E-state index contributed by atoms with van der Waals surface area (Å²) in [6.07, 6.45) is 2.12. The van der Waals surface area contributed by atoms with Crippen LogP contribution in [0, 0.1) is 5.92 Å². The largest absolute Gasteiger partial charge is 0.396 e. The molecule has 0 aliphatic heterocycles. The topological polar surface area (TPSA) is 32.3 Å². The minimum atomic E-state index is 0.245. The third kappa shape index (κ3) is 5.27. The third-order valence-electron chi connectivity index (χ3n) is 3.06. The molecule has 0 spiro atoms. The van der Waals surface area contributed by atoms with E-state index in [1.807, 2.05) is 18.2 Å². The number of aliphatic hydroxyl groups excluding tert-OH is 1. The van der Waals surface area contributed by atoms with Crippen LogP contribution in [0.25, 0.3) is 0 Å². The number of hydrogen-bond acceptors (Lipinski definition) is 2. The van der Waals surface area contributed by atoms with Crippen LogP contribution in [0.2, 0.25) is 5.02 Å². The fourth-order valence-electron chi connectivity index (χ4n) is 1.82. The predicted molar refractivity (Wildman–Crippen MR) is 81.1 cm³/mol. The van der Waals surface area contributed by atoms with Crippen molar-refractivity contribution in [3.63, 3.8) is 0 Å². The van der Waals surface area contributed by atoms with Crippen LogP contribution in [0.1, 0.15) is 38.3 Å². The van der Waals surface area contributed by atoms with Crippen LogP contribution >= 0.6 is 27.5 Å². The normalized spacial score (nSPS) is 14.5. The van der Waals surface area contributed by atoms with E-state index in [1.54, 1.807) is 0 Å². The molecule has 2 atom stereocenters. The van der Waals surface area contributed by atoms with Crippen LogP contribution in [-0.2, 0) is 0 Å². The molecule has 2 nitrogen and oxygen atoms in total. The van der Waals surface area contributed by atoms with Crippen molar-refractivity contribution < 1.29 is 5.11 Å². The number of nitrogens with one attached hydrogen (secondary N) is 1. The molecule has 0 radical (unpaired) electrons. The van der Waals surface area contributed by atoms with Crippen molar-refractivity contribution in [2.24, 2.45) is 5.92 Å². The van der Waals surface area contributed by atoms with E-state index in [0.717, 1.165) is 34.4 Å². The predicted octanol–water partition coefficient (Wildman–Crippen LogP) is 4.16. The Morgan fingerprint density at radius 1 is 1.39 bits per heavy atom. The molecule has 0 saturated heterocycles. The van der Waals surface area contributed by atoms with E-state index < -0.39 is 0 Å². The summed E-state index contributed by atoms with van der Waals surface area (Å²) in [6, 6.07) is 6.21. The van der Waals surface area contributed by atoms with Gasteiger partial charge in [0.15, 0.2) is 0 Å². The highest BCUT2D eigenvalue weighted by Crippen LogP contribution is 2.26. The highest BCUT2D eigenvalue weighted by Gasteiger charge is 2.09. The van der Waals surface area contributed by atoms with Crippen LogP contribution in [-0.4, -0.2) is 18.3 Å². The van der Waals surface area contributed by atoms with E-state index in [1.165, 1.54) is 0 Å². The highest BCUT2D eigenvalue weighted by molar-refractivity contribution is 9.10. The van der Waals surface area contributed by atoms with Crippen molar-refractivity contribution in [2.45, 2.75) is 32.7 Å². The Bertz CT molecular complexity index is 373.